The number of carbonyl (C=O) groups is 1. The number of methoxy groups -OCH3 is 3. The molecule has 9 nitrogen and oxygen atoms in total. The van der Waals surface area contributed by atoms with E-state index >= 15 is 0 Å². The number of amides is 1. The minimum absolute atomic E-state index is 0.0964. The normalized spacial score (nSPS) is 10.9. The zero-order valence-corrected chi connectivity index (χ0v) is 21.8. The molecule has 0 saturated heterocycles. The summed E-state index contributed by atoms with van der Waals surface area (Å²) >= 11 is 1.27. The lowest BCUT2D eigenvalue weighted by Crippen LogP contribution is -2.20. The van der Waals surface area contributed by atoms with Gasteiger partial charge in [-0.05, 0) is 55.5 Å². The van der Waals surface area contributed by atoms with E-state index in [0.29, 0.717) is 28.0 Å². The third-order valence-electron chi connectivity index (χ3n) is 5.43. The Kier molecular flexibility index (Phi) is 8.42. The third kappa shape index (κ3) is 6.10. The summed E-state index contributed by atoms with van der Waals surface area (Å²) in [4.78, 5) is 12.6. The van der Waals surface area contributed by atoms with Gasteiger partial charge >= 0.3 is 0 Å². The number of hydrazone groups is 1. The highest BCUT2D eigenvalue weighted by Crippen LogP contribution is 2.30. The van der Waals surface area contributed by atoms with Gasteiger partial charge in [0.2, 0.25) is 0 Å². The number of nitrogens with zero attached hydrogens (tertiary/aromatic N) is 4. The van der Waals surface area contributed by atoms with E-state index in [0.717, 1.165) is 22.6 Å². The van der Waals surface area contributed by atoms with Crippen LogP contribution in [0.1, 0.15) is 11.1 Å². The van der Waals surface area contributed by atoms with Crippen molar-refractivity contribution < 1.29 is 19.0 Å². The van der Waals surface area contributed by atoms with Crippen molar-refractivity contribution in [1.29, 1.82) is 0 Å². The van der Waals surface area contributed by atoms with Gasteiger partial charge in [-0.3, -0.25) is 9.36 Å². The number of rotatable bonds is 10. The van der Waals surface area contributed by atoms with Crippen molar-refractivity contribution in [2.45, 2.75) is 12.1 Å². The average Bonchev–Trinajstić information content (AvgIpc) is 3.36. The summed E-state index contributed by atoms with van der Waals surface area (Å²) < 4.78 is 17.9. The molecule has 4 rings (SSSR count). The molecule has 3 aromatic carbocycles. The number of hydrogen-bond donors (Lipinski definition) is 1. The van der Waals surface area contributed by atoms with Crippen LogP contribution in [0.25, 0.3) is 17.1 Å². The summed E-state index contributed by atoms with van der Waals surface area (Å²) in [5, 5.41) is 13.4. The molecule has 1 aromatic heterocycles. The Labute approximate surface area is 219 Å². The van der Waals surface area contributed by atoms with E-state index in [9.17, 15) is 4.79 Å². The Balaban J connectivity index is 1.51. The minimum atomic E-state index is -0.285. The Morgan fingerprint density at radius 1 is 0.973 bits per heavy atom. The smallest absolute Gasteiger partial charge is 0.250 e. The zero-order chi connectivity index (χ0) is 26.2. The summed E-state index contributed by atoms with van der Waals surface area (Å²) in [6.45, 7) is 2.03. The van der Waals surface area contributed by atoms with Crippen LogP contribution in [-0.4, -0.2) is 54.0 Å². The lowest BCUT2D eigenvalue weighted by Gasteiger charge is -2.11. The average molecular weight is 518 g/mol. The lowest BCUT2D eigenvalue weighted by atomic mass is 10.2. The van der Waals surface area contributed by atoms with Crippen molar-refractivity contribution >= 4 is 23.9 Å². The first-order valence-electron chi connectivity index (χ1n) is 11.4. The first-order chi connectivity index (χ1) is 18.0. The molecule has 0 fully saturated rings. The first-order valence-corrected chi connectivity index (χ1v) is 12.3. The van der Waals surface area contributed by atoms with E-state index in [1.807, 2.05) is 72.2 Å². The van der Waals surface area contributed by atoms with Crippen molar-refractivity contribution in [3.05, 3.63) is 77.9 Å². The molecule has 0 aliphatic carbocycles. The highest BCUT2D eigenvalue weighted by molar-refractivity contribution is 7.99. The largest absolute Gasteiger partial charge is 0.497 e. The molecule has 0 spiro atoms. The molecule has 4 aromatic rings. The summed E-state index contributed by atoms with van der Waals surface area (Å²) in [6.07, 6.45) is 1.51. The number of benzene rings is 3. The van der Waals surface area contributed by atoms with Crippen LogP contribution in [0.2, 0.25) is 0 Å². The van der Waals surface area contributed by atoms with E-state index in [1.54, 1.807) is 27.4 Å². The molecular formula is C27H27N5O4S. The number of ether oxygens (including phenoxy) is 3. The van der Waals surface area contributed by atoms with E-state index in [1.165, 1.54) is 18.0 Å². The molecule has 0 unspecified atom stereocenters. The predicted octanol–water partition coefficient (Wildman–Crippen LogP) is 4.51. The second kappa shape index (κ2) is 12.1. The molecule has 10 heteroatoms. The van der Waals surface area contributed by atoms with E-state index in [4.69, 9.17) is 14.2 Å². The van der Waals surface area contributed by atoms with Gasteiger partial charge in [-0.1, -0.05) is 35.5 Å². The molecule has 0 radical (unpaired) electrons. The molecule has 0 saturated carbocycles. The van der Waals surface area contributed by atoms with Gasteiger partial charge in [-0.25, -0.2) is 5.43 Å². The van der Waals surface area contributed by atoms with Gasteiger partial charge in [0.25, 0.3) is 5.91 Å². The van der Waals surface area contributed by atoms with Gasteiger partial charge in [-0.2, -0.15) is 5.10 Å². The van der Waals surface area contributed by atoms with Crippen molar-refractivity contribution in [2.75, 3.05) is 27.1 Å². The fourth-order valence-corrected chi connectivity index (χ4v) is 4.31. The third-order valence-corrected chi connectivity index (χ3v) is 6.36. The lowest BCUT2D eigenvalue weighted by molar-refractivity contribution is -0.118. The highest BCUT2D eigenvalue weighted by Gasteiger charge is 2.17. The number of aromatic nitrogens is 3. The van der Waals surface area contributed by atoms with E-state index in [-0.39, 0.29) is 11.7 Å². The van der Waals surface area contributed by atoms with Crippen LogP contribution in [0.4, 0.5) is 0 Å². The van der Waals surface area contributed by atoms with Crippen LogP contribution in [0.5, 0.6) is 17.2 Å². The number of carbonyl (C=O) groups excluding carboxylic acids is 1. The van der Waals surface area contributed by atoms with Crippen LogP contribution in [0, 0.1) is 6.92 Å². The number of para-hydroxylation sites is 1. The number of aryl methyl sites for hydroxylation is 1. The van der Waals surface area contributed by atoms with Crippen LogP contribution >= 0.6 is 11.8 Å². The van der Waals surface area contributed by atoms with Crippen molar-refractivity contribution in [2.24, 2.45) is 5.10 Å². The SMILES string of the molecule is COc1ccc(-c2nnc(SCC(=O)N/N=C\c3cccc(OC)c3OC)n2-c2ccc(C)cc2)cc1. The number of nitrogens with one attached hydrogen (secondary N) is 1. The standard InChI is InChI=1S/C27H27N5O4S/c1-18-8-12-21(13-9-18)32-26(19-10-14-22(34-2)15-11-19)30-31-27(32)37-17-24(33)29-28-16-20-6-5-7-23(35-3)25(20)36-4/h5-16H,17H2,1-4H3,(H,29,33)/b28-16-. The Hall–Kier alpha value is -4.31. The van der Waals surface area contributed by atoms with Crippen molar-refractivity contribution in [3.8, 4) is 34.3 Å². The summed E-state index contributed by atoms with van der Waals surface area (Å²) in [5.74, 6) is 2.35. The second-order valence-corrected chi connectivity index (χ2v) is 8.81. The molecule has 190 valence electrons. The molecular weight excluding hydrogens is 490 g/mol. The predicted molar refractivity (Wildman–Crippen MR) is 144 cm³/mol. The Morgan fingerprint density at radius 3 is 2.41 bits per heavy atom. The second-order valence-electron chi connectivity index (χ2n) is 7.87. The van der Waals surface area contributed by atoms with Crippen LogP contribution in [-0.2, 0) is 4.79 Å². The molecule has 1 heterocycles. The maximum absolute atomic E-state index is 12.6. The van der Waals surface area contributed by atoms with Gasteiger partial charge < -0.3 is 14.2 Å². The first kappa shape index (κ1) is 25.8. The quantitative estimate of drug-likeness (QED) is 0.188. The fraction of sp³-hybridized carbons (Fsp3) is 0.185. The van der Waals surface area contributed by atoms with Gasteiger partial charge in [0, 0.05) is 16.8 Å². The topological polar surface area (TPSA) is 99.9 Å². The molecule has 0 aliphatic heterocycles. The maximum Gasteiger partial charge on any atom is 0.250 e. The van der Waals surface area contributed by atoms with E-state index in [2.05, 4.69) is 20.7 Å². The summed E-state index contributed by atoms with van der Waals surface area (Å²) in [6, 6.07) is 21.1. The monoisotopic (exact) mass is 517 g/mol. The van der Waals surface area contributed by atoms with Gasteiger partial charge in [0.1, 0.15) is 5.75 Å². The van der Waals surface area contributed by atoms with Crippen molar-refractivity contribution in [3.63, 3.8) is 0 Å². The minimum Gasteiger partial charge on any atom is -0.497 e. The highest BCUT2D eigenvalue weighted by atomic mass is 32.2. The molecule has 0 aliphatic rings. The van der Waals surface area contributed by atoms with Gasteiger partial charge in [0.15, 0.2) is 22.5 Å². The van der Waals surface area contributed by atoms with Crippen LogP contribution in [0.3, 0.4) is 0 Å². The Bertz CT molecular complexity index is 1390. The van der Waals surface area contributed by atoms with Crippen molar-refractivity contribution in [1.82, 2.24) is 20.2 Å². The molecule has 37 heavy (non-hydrogen) atoms. The molecule has 0 bridgehead atoms. The summed E-state index contributed by atoms with van der Waals surface area (Å²) in [7, 11) is 4.74. The zero-order valence-electron chi connectivity index (χ0n) is 21.0. The molecule has 0 atom stereocenters. The summed E-state index contributed by atoms with van der Waals surface area (Å²) in [5.41, 5.74) is 6.14. The number of thioether (sulfide) groups is 1. The fourth-order valence-electron chi connectivity index (χ4n) is 3.57. The molecule has 1 amide bonds. The van der Waals surface area contributed by atoms with Crippen LogP contribution in [0.15, 0.2) is 77.0 Å². The molecule has 1 N–H and O–H groups in total. The Morgan fingerprint density at radius 2 is 1.73 bits per heavy atom. The van der Waals surface area contributed by atoms with Gasteiger partial charge in [-0.15, -0.1) is 10.2 Å². The maximum atomic E-state index is 12.6. The van der Waals surface area contributed by atoms with Crippen LogP contribution < -0.4 is 19.6 Å². The van der Waals surface area contributed by atoms with Gasteiger partial charge in [0.05, 0.1) is 33.3 Å². The number of hydrogen-bond acceptors (Lipinski definition) is 8. The van der Waals surface area contributed by atoms with E-state index < -0.39 is 0 Å².